The van der Waals surface area contributed by atoms with E-state index in [0.29, 0.717) is 5.92 Å². The predicted octanol–water partition coefficient (Wildman–Crippen LogP) is 3.49. The van der Waals surface area contributed by atoms with Crippen LogP contribution in [0.2, 0.25) is 0 Å². The molecular weight excluding hydrogens is 222 g/mol. The minimum atomic E-state index is 0.421. The van der Waals surface area contributed by atoms with Crippen LogP contribution in [-0.4, -0.2) is 9.78 Å². The zero-order chi connectivity index (χ0) is 13.3. The van der Waals surface area contributed by atoms with Crippen LogP contribution in [-0.2, 0) is 7.05 Å². The Kier molecular flexibility index (Phi) is 3.41. The monoisotopic (exact) mass is 243 g/mol. The van der Waals surface area contributed by atoms with Gasteiger partial charge in [0, 0.05) is 18.5 Å². The molecule has 0 saturated carbocycles. The number of hydrogen-bond acceptors (Lipinski definition) is 2. The van der Waals surface area contributed by atoms with E-state index in [2.05, 4.69) is 50.1 Å². The smallest absolute Gasteiger partial charge is 0.129 e. The maximum Gasteiger partial charge on any atom is 0.129 e. The third kappa shape index (κ3) is 2.13. The molecule has 2 aromatic rings. The van der Waals surface area contributed by atoms with Gasteiger partial charge in [-0.3, -0.25) is 4.68 Å². The van der Waals surface area contributed by atoms with Crippen molar-refractivity contribution in [3.8, 4) is 11.1 Å². The van der Waals surface area contributed by atoms with E-state index >= 15 is 0 Å². The fourth-order valence-electron chi connectivity index (χ4n) is 2.11. The molecule has 2 N–H and O–H groups in total. The molecule has 1 aromatic carbocycles. The summed E-state index contributed by atoms with van der Waals surface area (Å²) in [5.74, 6) is 1.17. The number of aromatic nitrogens is 2. The first-order valence-electron chi connectivity index (χ1n) is 6.44. The zero-order valence-electron chi connectivity index (χ0n) is 11.6. The average Bonchev–Trinajstić information content (AvgIpc) is 2.66. The summed E-state index contributed by atoms with van der Waals surface area (Å²) in [7, 11) is 1.90. The molecule has 0 radical (unpaired) electrons. The quantitative estimate of drug-likeness (QED) is 0.896. The maximum absolute atomic E-state index is 6.17. The number of hydrogen-bond donors (Lipinski definition) is 1. The van der Waals surface area contributed by atoms with Crippen LogP contribution in [0.5, 0.6) is 0 Å². The van der Waals surface area contributed by atoms with Gasteiger partial charge >= 0.3 is 0 Å². The van der Waals surface area contributed by atoms with E-state index in [0.717, 1.165) is 29.1 Å². The number of nitrogen functional groups attached to an aromatic ring is 1. The SMILES string of the molecule is CCC(C)c1nn(C)c(N)c1-c1ccc(C)cc1. The molecule has 0 aliphatic rings. The molecular formula is C15H21N3. The second kappa shape index (κ2) is 4.84. The van der Waals surface area contributed by atoms with Crippen LogP contribution >= 0.6 is 0 Å². The van der Waals surface area contributed by atoms with Crippen molar-refractivity contribution >= 4 is 5.82 Å². The van der Waals surface area contributed by atoms with Gasteiger partial charge in [-0.05, 0) is 18.9 Å². The molecule has 1 unspecified atom stereocenters. The van der Waals surface area contributed by atoms with Gasteiger partial charge in [-0.1, -0.05) is 43.7 Å². The highest BCUT2D eigenvalue weighted by molar-refractivity contribution is 5.77. The number of nitrogens with zero attached hydrogens (tertiary/aromatic N) is 2. The first-order chi connectivity index (χ1) is 8.54. The van der Waals surface area contributed by atoms with Gasteiger partial charge in [0.05, 0.1) is 5.69 Å². The van der Waals surface area contributed by atoms with Gasteiger partial charge in [-0.2, -0.15) is 5.10 Å². The third-order valence-electron chi connectivity index (χ3n) is 3.54. The molecule has 0 amide bonds. The molecule has 0 spiro atoms. The normalized spacial score (nSPS) is 12.7. The molecule has 0 bridgehead atoms. The summed E-state index contributed by atoms with van der Waals surface area (Å²) in [4.78, 5) is 0. The summed E-state index contributed by atoms with van der Waals surface area (Å²) in [5.41, 5.74) is 10.8. The number of rotatable bonds is 3. The van der Waals surface area contributed by atoms with Crippen molar-refractivity contribution in [2.24, 2.45) is 7.05 Å². The average molecular weight is 243 g/mol. The van der Waals surface area contributed by atoms with E-state index in [1.165, 1.54) is 5.56 Å². The van der Waals surface area contributed by atoms with Crippen molar-refractivity contribution in [1.29, 1.82) is 0 Å². The molecule has 18 heavy (non-hydrogen) atoms. The van der Waals surface area contributed by atoms with Crippen LogP contribution in [0, 0.1) is 6.92 Å². The van der Waals surface area contributed by atoms with E-state index in [9.17, 15) is 0 Å². The van der Waals surface area contributed by atoms with Crippen LogP contribution in [0.4, 0.5) is 5.82 Å². The fourth-order valence-corrected chi connectivity index (χ4v) is 2.11. The lowest BCUT2D eigenvalue weighted by atomic mass is 9.96. The second-order valence-corrected chi connectivity index (χ2v) is 4.94. The zero-order valence-corrected chi connectivity index (χ0v) is 11.6. The van der Waals surface area contributed by atoms with E-state index < -0.39 is 0 Å². The molecule has 0 aliphatic heterocycles. The van der Waals surface area contributed by atoms with Crippen LogP contribution in [0.15, 0.2) is 24.3 Å². The Bertz CT molecular complexity index is 538. The first-order valence-corrected chi connectivity index (χ1v) is 6.44. The molecule has 0 fully saturated rings. The molecule has 1 atom stereocenters. The number of anilines is 1. The summed E-state index contributed by atoms with van der Waals surface area (Å²) >= 11 is 0. The van der Waals surface area contributed by atoms with E-state index in [1.54, 1.807) is 4.68 Å². The van der Waals surface area contributed by atoms with Gasteiger partial charge in [0.25, 0.3) is 0 Å². The molecule has 3 heteroatoms. The van der Waals surface area contributed by atoms with Gasteiger partial charge in [0.2, 0.25) is 0 Å². The minimum Gasteiger partial charge on any atom is -0.383 e. The Morgan fingerprint density at radius 1 is 1.28 bits per heavy atom. The fraction of sp³-hybridized carbons (Fsp3) is 0.400. The topological polar surface area (TPSA) is 43.8 Å². The van der Waals surface area contributed by atoms with Crippen LogP contribution in [0.1, 0.15) is 37.4 Å². The number of nitrogens with two attached hydrogens (primary N) is 1. The number of aryl methyl sites for hydroxylation is 2. The highest BCUT2D eigenvalue weighted by Crippen LogP contribution is 2.34. The lowest BCUT2D eigenvalue weighted by molar-refractivity contribution is 0.668. The largest absolute Gasteiger partial charge is 0.383 e. The highest BCUT2D eigenvalue weighted by Gasteiger charge is 2.19. The van der Waals surface area contributed by atoms with Crippen molar-refractivity contribution in [1.82, 2.24) is 9.78 Å². The van der Waals surface area contributed by atoms with Crippen LogP contribution < -0.4 is 5.73 Å². The predicted molar refractivity (Wildman–Crippen MR) is 76.5 cm³/mol. The Hall–Kier alpha value is -1.77. The summed E-state index contributed by atoms with van der Waals surface area (Å²) < 4.78 is 1.77. The van der Waals surface area contributed by atoms with E-state index in [4.69, 9.17) is 5.73 Å². The molecule has 3 nitrogen and oxygen atoms in total. The van der Waals surface area contributed by atoms with Crippen LogP contribution in [0.25, 0.3) is 11.1 Å². The Labute approximate surface area is 109 Å². The van der Waals surface area contributed by atoms with Crippen LogP contribution in [0.3, 0.4) is 0 Å². The lowest BCUT2D eigenvalue weighted by Gasteiger charge is -2.09. The lowest BCUT2D eigenvalue weighted by Crippen LogP contribution is -1.98. The maximum atomic E-state index is 6.17. The summed E-state index contributed by atoms with van der Waals surface area (Å²) in [5, 5.41) is 4.57. The Morgan fingerprint density at radius 3 is 2.44 bits per heavy atom. The standard InChI is InChI=1S/C15H21N3/c1-5-11(3)14-13(15(16)18(4)17-14)12-8-6-10(2)7-9-12/h6-9,11H,5,16H2,1-4H3. The molecule has 1 aromatic heterocycles. The summed E-state index contributed by atoms with van der Waals surface area (Å²) in [6.45, 7) is 6.46. The van der Waals surface area contributed by atoms with Gasteiger partial charge in [0.1, 0.15) is 5.82 Å². The van der Waals surface area contributed by atoms with Crippen molar-refractivity contribution < 1.29 is 0 Å². The molecule has 0 saturated heterocycles. The molecule has 0 aliphatic carbocycles. The van der Waals surface area contributed by atoms with E-state index in [1.807, 2.05) is 7.05 Å². The Balaban J connectivity index is 2.58. The van der Waals surface area contributed by atoms with Crippen molar-refractivity contribution in [3.63, 3.8) is 0 Å². The molecule has 1 heterocycles. The minimum absolute atomic E-state index is 0.421. The van der Waals surface area contributed by atoms with Crippen molar-refractivity contribution in [2.45, 2.75) is 33.1 Å². The van der Waals surface area contributed by atoms with Gasteiger partial charge in [0.15, 0.2) is 0 Å². The van der Waals surface area contributed by atoms with Gasteiger partial charge in [-0.25, -0.2) is 0 Å². The summed E-state index contributed by atoms with van der Waals surface area (Å²) in [6.07, 6.45) is 1.06. The molecule has 96 valence electrons. The highest BCUT2D eigenvalue weighted by atomic mass is 15.3. The summed E-state index contributed by atoms with van der Waals surface area (Å²) in [6, 6.07) is 8.47. The number of benzene rings is 1. The first kappa shape index (κ1) is 12.7. The van der Waals surface area contributed by atoms with E-state index in [-0.39, 0.29) is 0 Å². The van der Waals surface area contributed by atoms with Gasteiger partial charge in [-0.15, -0.1) is 0 Å². The van der Waals surface area contributed by atoms with Crippen molar-refractivity contribution in [2.75, 3.05) is 5.73 Å². The van der Waals surface area contributed by atoms with Gasteiger partial charge < -0.3 is 5.73 Å². The second-order valence-electron chi connectivity index (χ2n) is 4.94. The van der Waals surface area contributed by atoms with Crippen molar-refractivity contribution in [3.05, 3.63) is 35.5 Å². The Morgan fingerprint density at radius 2 is 1.89 bits per heavy atom. The molecule has 2 rings (SSSR count). The third-order valence-corrected chi connectivity index (χ3v) is 3.54.